The summed E-state index contributed by atoms with van der Waals surface area (Å²) < 4.78 is 10.1. The first-order valence-corrected chi connectivity index (χ1v) is 5.24. The molecule has 0 amide bonds. The summed E-state index contributed by atoms with van der Waals surface area (Å²) in [7, 11) is 0. The molecular weight excluding hydrogens is 224 g/mol. The molecule has 92 valence electrons. The van der Waals surface area contributed by atoms with Crippen LogP contribution in [0, 0.1) is 0 Å². The zero-order valence-corrected chi connectivity index (χ0v) is 9.30. The monoisotopic (exact) mass is 238 g/mol. The summed E-state index contributed by atoms with van der Waals surface area (Å²) in [6.07, 6.45) is -0.320. The lowest BCUT2D eigenvalue weighted by atomic mass is 10.3. The van der Waals surface area contributed by atoms with Crippen molar-refractivity contribution in [3.05, 3.63) is 30.3 Å². The van der Waals surface area contributed by atoms with Crippen LogP contribution in [0.15, 0.2) is 30.3 Å². The van der Waals surface area contributed by atoms with Crippen LogP contribution in [0.2, 0.25) is 0 Å². The van der Waals surface area contributed by atoms with Crippen LogP contribution in [0.5, 0.6) is 5.75 Å². The second-order valence-electron chi connectivity index (χ2n) is 3.28. The number of carbonyl (C=O) groups excluding carboxylic acids is 1. The predicted molar refractivity (Wildman–Crippen MR) is 59.8 cm³/mol. The Morgan fingerprint density at radius 3 is 2.41 bits per heavy atom. The fraction of sp³-hybridized carbons (Fsp3) is 0.333. The maximum Gasteiger partial charge on any atom is 0.306 e. The van der Waals surface area contributed by atoms with Crippen LogP contribution in [-0.2, 0) is 14.3 Å². The molecule has 0 aliphatic rings. The molecule has 0 saturated carbocycles. The molecule has 1 rings (SSSR count). The Balaban J connectivity index is 2.08. The highest BCUT2D eigenvalue weighted by atomic mass is 16.6. The molecule has 0 unspecified atom stereocenters. The van der Waals surface area contributed by atoms with Gasteiger partial charge >= 0.3 is 11.9 Å². The van der Waals surface area contributed by atoms with Crippen LogP contribution in [0.25, 0.3) is 0 Å². The van der Waals surface area contributed by atoms with Crippen molar-refractivity contribution >= 4 is 11.9 Å². The van der Waals surface area contributed by atoms with Crippen LogP contribution >= 0.6 is 0 Å². The number of rotatable bonds is 7. The number of para-hydroxylation sites is 1. The minimum atomic E-state index is -1.01. The summed E-state index contributed by atoms with van der Waals surface area (Å²) in [6, 6.07) is 9.15. The average Bonchev–Trinajstić information content (AvgIpc) is 2.33. The van der Waals surface area contributed by atoms with Gasteiger partial charge in [-0.15, -0.1) is 0 Å². The molecular formula is C12H14O5. The topological polar surface area (TPSA) is 72.8 Å². The summed E-state index contributed by atoms with van der Waals surface area (Å²) in [5, 5.41) is 8.35. The Bertz CT molecular complexity index is 360. The first-order valence-electron chi connectivity index (χ1n) is 5.24. The number of hydrogen-bond acceptors (Lipinski definition) is 4. The van der Waals surface area contributed by atoms with E-state index in [-0.39, 0.29) is 26.1 Å². The SMILES string of the molecule is O=C(O)CCC(=O)OCCOc1ccccc1. The first-order chi connectivity index (χ1) is 8.18. The molecule has 17 heavy (non-hydrogen) atoms. The van der Waals surface area contributed by atoms with Crippen LogP contribution in [0.4, 0.5) is 0 Å². The van der Waals surface area contributed by atoms with Gasteiger partial charge in [0.1, 0.15) is 19.0 Å². The van der Waals surface area contributed by atoms with Gasteiger partial charge in [-0.3, -0.25) is 9.59 Å². The van der Waals surface area contributed by atoms with Gasteiger partial charge < -0.3 is 14.6 Å². The van der Waals surface area contributed by atoms with Gasteiger partial charge in [-0.2, -0.15) is 0 Å². The molecule has 0 atom stereocenters. The second kappa shape index (κ2) is 7.27. The Morgan fingerprint density at radius 1 is 1.06 bits per heavy atom. The van der Waals surface area contributed by atoms with E-state index in [4.69, 9.17) is 14.6 Å². The van der Waals surface area contributed by atoms with Crippen molar-refractivity contribution in [1.82, 2.24) is 0 Å². The molecule has 0 heterocycles. The smallest absolute Gasteiger partial charge is 0.306 e. The average molecular weight is 238 g/mol. The Labute approximate surface area is 99.0 Å². The molecule has 0 bridgehead atoms. The Hall–Kier alpha value is -2.04. The molecule has 0 fully saturated rings. The number of carboxylic acids is 1. The Kier molecular flexibility index (Phi) is 5.57. The van der Waals surface area contributed by atoms with Gasteiger partial charge in [0.05, 0.1) is 12.8 Å². The number of ether oxygens (including phenoxy) is 2. The van der Waals surface area contributed by atoms with Crippen molar-refractivity contribution < 1.29 is 24.2 Å². The fourth-order valence-corrected chi connectivity index (χ4v) is 1.11. The number of carboxylic acid groups (broad SMARTS) is 1. The number of carbonyl (C=O) groups is 2. The van der Waals surface area contributed by atoms with Crippen LogP contribution < -0.4 is 4.74 Å². The van der Waals surface area contributed by atoms with E-state index in [1.807, 2.05) is 18.2 Å². The van der Waals surface area contributed by atoms with E-state index in [0.29, 0.717) is 5.75 Å². The van der Waals surface area contributed by atoms with Crippen molar-refractivity contribution in [2.75, 3.05) is 13.2 Å². The van der Waals surface area contributed by atoms with Gasteiger partial charge in [-0.25, -0.2) is 0 Å². The van der Waals surface area contributed by atoms with Gasteiger partial charge in [-0.05, 0) is 12.1 Å². The molecule has 0 spiro atoms. The minimum Gasteiger partial charge on any atom is -0.490 e. The van der Waals surface area contributed by atoms with Crippen molar-refractivity contribution in [3.63, 3.8) is 0 Å². The first kappa shape index (κ1) is 13.0. The zero-order chi connectivity index (χ0) is 12.5. The molecule has 1 N–H and O–H groups in total. The van der Waals surface area contributed by atoms with Crippen molar-refractivity contribution in [2.45, 2.75) is 12.8 Å². The van der Waals surface area contributed by atoms with E-state index in [1.54, 1.807) is 12.1 Å². The number of hydrogen-bond donors (Lipinski definition) is 1. The largest absolute Gasteiger partial charge is 0.490 e. The number of esters is 1. The predicted octanol–water partition coefficient (Wildman–Crippen LogP) is 1.47. The summed E-state index contributed by atoms with van der Waals surface area (Å²) in [4.78, 5) is 21.2. The molecule has 5 heteroatoms. The third-order valence-corrected chi connectivity index (χ3v) is 1.90. The molecule has 0 aromatic heterocycles. The van der Waals surface area contributed by atoms with Gasteiger partial charge in [0, 0.05) is 0 Å². The van der Waals surface area contributed by atoms with Crippen LogP contribution in [0.1, 0.15) is 12.8 Å². The van der Waals surface area contributed by atoms with Gasteiger partial charge in [0.2, 0.25) is 0 Å². The van der Waals surface area contributed by atoms with Gasteiger partial charge in [-0.1, -0.05) is 18.2 Å². The standard InChI is InChI=1S/C12H14O5/c13-11(14)6-7-12(15)17-9-8-16-10-4-2-1-3-5-10/h1-5H,6-9H2,(H,13,14). The maximum atomic E-state index is 11.0. The van der Waals surface area contributed by atoms with E-state index in [9.17, 15) is 9.59 Å². The second-order valence-corrected chi connectivity index (χ2v) is 3.28. The normalized spacial score (nSPS) is 9.65. The molecule has 0 saturated heterocycles. The van der Waals surface area contributed by atoms with E-state index in [1.165, 1.54) is 0 Å². The fourth-order valence-electron chi connectivity index (χ4n) is 1.11. The maximum absolute atomic E-state index is 11.0. The lowest BCUT2D eigenvalue weighted by molar-refractivity contribution is -0.148. The lowest BCUT2D eigenvalue weighted by Crippen LogP contribution is -2.13. The quantitative estimate of drug-likeness (QED) is 0.575. The minimum absolute atomic E-state index is 0.110. The van der Waals surface area contributed by atoms with E-state index < -0.39 is 11.9 Å². The van der Waals surface area contributed by atoms with Crippen molar-refractivity contribution in [3.8, 4) is 5.75 Å². The third kappa shape index (κ3) is 6.19. The van der Waals surface area contributed by atoms with Crippen molar-refractivity contribution in [1.29, 1.82) is 0 Å². The summed E-state index contributed by atoms with van der Waals surface area (Å²) >= 11 is 0. The molecule has 5 nitrogen and oxygen atoms in total. The highest BCUT2D eigenvalue weighted by Crippen LogP contribution is 2.07. The molecule has 1 aromatic rings. The van der Waals surface area contributed by atoms with Gasteiger partial charge in [0.25, 0.3) is 0 Å². The van der Waals surface area contributed by atoms with Crippen LogP contribution in [-0.4, -0.2) is 30.3 Å². The van der Waals surface area contributed by atoms with Crippen molar-refractivity contribution in [2.24, 2.45) is 0 Å². The molecule has 1 aromatic carbocycles. The van der Waals surface area contributed by atoms with E-state index in [0.717, 1.165) is 0 Å². The highest BCUT2D eigenvalue weighted by molar-refractivity contribution is 5.76. The summed E-state index contributed by atoms with van der Waals surface area (Å²) in [6.45, 7) is 0.371. The molecule has 0 aliphatic heterocycles. The highest BCUT2D eigenvalue weighted by Gasteiger charge is 2.06. The molecule has 0 aliphatic carbocycles. The Morgan fingerprint density at radius 2 is 1.76 bits per heavy atom. The zero-order valence-electron chi connectivity index (χ0n) is 9.30. The van der Waals surface area contributed by atoms with E-state index >= 15 is 0 Å². The van der Waals surface area contributed by atoms with Crippen LogP contribution in [0.3, 0.4) is 0 Å². The summed E-state index contributed by atoms with van der Waals surface area (Å²) in [5.41, 5.74) is 0. The third-order valence-electron chi connectivity index (χ3n) is 1.90. The lowest BCUT2D eigenvalue weighted by Gasteiger charge is -2.06. The summed E-state index contributed by atoms with van der Waals surface area (Å²) in [5.74, 6) is -0.833. The van der Waals surface area contributed by atoms with E-state index in [2.05, 4.69) is 0 Å². The number of aliphatic carboxylic acids is 1. The number of benzene rings is 1. The molecule has 0 radical (unpaired) electrons. The van der Waals surface area contributed by atoms with Gasteiger partial charge in [0.15, 0.2) is 0 Å².